The summed E-state index contributed by atoms with van der Waals surface area (Å²) in [5.41, 5.74) is -1.59. The lowest BCUT2D eigenvalue weighted by molar-refractivity contribution is 0.506. The summed E-state index contributed by atoms with van der Waals surface area (Å²) < 4.78 is 14.0. The van der Waals surface area contributed by atoms with Crippen LogP contribution in [0.5, 0.6) is 0 Å². The van der Waals surface area contributed by atoms with Crippen LogP contribution in [0.15, 0.2) is 9.59 Å². The molecule has 2 unspecified atom stereocenters. The Morgan fingerprint density at radius 2 is 2.20 bits per heavy atom. The number of rotatable bonds is 2. The van der Waals surface area contributed by atoms with Crippen molar-refractivity contribution in [2.24, 2.45) is 11.8 Å². The minimum atomic E-state index is -1.09. The van der Waals surface area contributed by atoms with Gasteiger partial charge in [0.15, 0.2) is 5.15 Å². The molecule has 82 valence electrons. The third kappa shape index (κ3) is 1.84. The zero-order chi connectivity index (χ0) is 11.2. The zero-order valence-corrected chi connectivity index (χ0v) is 8.84. The van der Waals surface area contributed by atoms with Gasteiger partial charge in [-0.15, -0.1) is 0 Å². The molecule has 1 aliphatic rings. The minimum absolute atomic E-state index is 0.267. The van der Waals surface area contributed by atoms with Crippen molar-refractivity contribution in [1.29, 1.82) is 0 Å². The lowest BCUT2D eigenvalue weighted by atomic mass is 10.3. The maximum absolute atomic E-state index is 13.1. The van der Waals surface area contributed by atoms with E-state index in [1.165, 1.54) is 0 Å². The quantitative estimate of drug-likeness (QED) is 0.773. The first-order valence-electron chi connectivity index (χ1n) is 4.69. The number of nitrogens with one attached hydrogen (secondary N) is 1. The molecule has 0 radical (unpaired) electrons. The smallest absolute Gasteiger partial charge is 0.295 e. The Morgan fingerprint density at radius 3 is 2.73 bits per heavy atom. The topological polar surface area (TPSA) is 54.9 Å². The summed E-state index contributed by atoms with van der Waals surface area (Å²) in [7, 11) is 0. The van der Waals surface area contributed by atoms with Gasteiger partial charge in [0, 0.05) is 6.54 Å². The van der Waals surface area contributed by atoms with Gasteiger partial charge in [-0.2, -0.15) is 4.39 Å². The highest BCUT2D eigenvalue weighted by Gasteiger charge is 2.33. The van der Waals surface area contributed by atoms with Crippen LogP contribution in [0.1, 0.15) is 13.3 Å². The summed E-state index contributed by atoms with van der Waals surface area (Å²) in [6.45, 7) is 2.29. The van der Waals surface area contributed by atoms with Gasteiger partial charge in [0.25, 0.3) is 5.56 Å². The average Bonchev–Trinajstić information content (AvgIpc) is 2.86. The molecule has 4 nitrogen and oxygen atoms in total. The molecule has 0 saturated heterocycles. The molecule has 1 aliphatic carbocycles. The SMILES string of the molecule is CC1CC1Cn1c(=O)[nH]c(Cl)c(F)c1=O. The highest BCUT2D eigenvalue weighted by atomic mass is 35.5. The number of H-pyrrole nitrogens is 1. The van der Waals surface area contributed by atoms with Gasteiger partial charge in [0.2, 0.25) is 5.82 Å². The molecule has 0 aliphatic heterocycles. The van der Waals surface area contributed by atoms with Gasteiger partial charge in [-0.3, -0.25) is 14.3 Å². The third-order valence-corrected chi connectivity index (χ3v) is 3.04. The fourth-order valence-corrected chi connectivity index (χ4v) is 1.74. The fraction of sp³-hybridized carbons (Fsp3) is 0.556. The molecule has 1 fully saturated rings. The summed E-state index contributed by atoms with van der Waals surface area (Å²) in [6, 6.07) is 0. The summed E-state index contributed by atoms with van der Waals surface area (Å²) in [4.78, 5) is 24.8. The Balaban J connectivity index is 2.43. The zero-order valence-electron chi connectivity index (χ0n) is 8.09. The molecule has 0 bridgehead atoms. The van der Waals surface area contributed by atoms with E-state index in [0.29, 0.717) is 11.8 Å². The van der Waals surface area contributed by atoms with Crippen molar-refractivity contribution < 1.29 is 4.39 Å². The molecule has 1 aromatic rings. The number of aromatic amines is 1. The Labute approximate surface area is 89.7 Å². The molecule has 6 heteroatoms. The van der Waals surface area contributed by atoms with E-state index in [2.05, 4.69) is 4.98 Å². The van der Waals surface area contributed by atoms with E-state index in [9.17, 15) is 14.0 Å². The Kier molecular flexibility index (Phi) is 2.42. The monoisotopic (exact) mass is 232 g/mol. The van der Waals surface area contributed by atoms with E-state index >= 15 is 0 Å². The molecule has 0 aromatic carbocycles. The van der Waals surface area contributed by atoms with Gasteiger partial charge in [-0.1, -0.05) is 18.5 Å². The van der Waals surface area contributed by atoms with Gasteiger partial charge in [-0.05, 0) is 18.3 Å². The van der Waals surface area contributed by atoms with Crippen molar-refractivity contribution in [2.45, 2.75) is 19.9 Å². The standard InChI is InChI=1S/C9H10ClFN2O2/c1-4-2-5(4)3-13-8(14)6(11)7(10)12-9(13)15/h4-5H,2-3H2,1H3,(H,12,15). The predicted octanol–water partition coefficient (Wildman–Crippen LogP) is 0.985. The fourth-order valence-electron chi connectivity index (χ4n) is 1.57. The highest BCUT2D eigenvalue weighted by molar-refractivity contribution is 6.29. The molecule has 1 saturated carbocycles. The lowest BCUT2D eigenvalue weighted by Crippen LogP contribution is -2.37. The van der Waals surface area contributed by atoms with Crippen molar-refractivity contribution >= 4 is 11.6 Å². The van der Waals surface area contributed by atoms with Crippen LogP contribution in [0.2, 0.25) is 5.15 Å². The molecular weight excluding hydrogens is 223 g/mol. The lowest BCUT2D eigenvalue weighted by Gasteiger charge is -2.03. The first-order valence-corrected chi connectivity index (χ1v) is 5.06. The van der Waals surface area contributed by atoms with E-state index in [0.717, 1.165) is 11.0 Å². The molecular formula is C9H10ClFN2O2. The van der Waals surface area contributed by atoms with E-state index in [1.807, 2.05) is 6.92 Å². The molecule has 1 heterocycles. The van der Waals surface area contributed by atoms with Gasteiger partial charge < -0.3 is 0 Å². The van der Waals surface area contributed by atoms with E-state index < -0.39 is 22.2 Å². The van der Waals surface area contributed by atoms with Crippen molar-refractivity contribution in [3.05, 3.63) is 31.8 Å². The van der Waals surface area contributed by atoms with Crippen molar-refractivity contribution in [2.75, 3.05) is 0 Å². The molecule has 0 spiro atoms. The Morgan fingerprint density at radius 1 is 1.60 bits per heavy atom. The second-order valence-corrected chi connectivity index (χ2v) is 4.32. The summed E-state index contributed by atoms with van der Waals surface area (Å²) in [5.74, 6) is -0.302. The van der Waals surface area contributed by atoms with Gasteiger partial charge in [0.05, 0.1) is 0 Å². The largest absolute Gasteiger partial charge is 0.329 e. The van der Waals surface area contributed by atoms with E-state index in [4.69, 9.17) is 11.6 Å². The molecule has 15 heavy (non-hydrogen) atoms. The second kappa shape index (κ2) is 3.48. The normalized spacial score (nSPS) is 24.2. The number of aromatic nitrogens is 2. The minimum Gasteiger partial charge on any atom is -0.295 e. The van der Waals surface area contributed by atoms with Gasteiger partial charge in [0.1, 0.15) is 0 Å². The predicted molar refractivity (Wildman–Crippen MR) is 53.6 cm³/mol. The summed E-state index contributed by atoms with van der Waals surface area (Å²) in [5, 5.41) is -0.523. The van der Waals surface area contributed by atoms with Crippen molar-refractivity contribution in [3.63, 3.8) is 0 Å². The van der Waals surface area contributed by atoms with Crippen LogP contribution in [0.25, 0.3) is 0 Å². The van der Waals surface area contributed by atoms with E-state index in [-0.39, 0.29) is 6.54 Å². The van der Waals surface area contributed by atoms with Crippen molar-refractivity contribution in [1.82, 2.24) is 9.55 Å². The average molecular weight is 233 g/mol. The van der Waals surface area contributed by atoms with Crippen LogP contribution < -0.4 is 11.2 Å². The summed E-state index contributed by atoms with van der Waals surface area (Å²) in [6.07, 6.45) is 0.968. The third-order valence-electron chi connectivity index (χ3n) is 2.78. The Bertz CT molecular complexity index is 508. The number of halogens is 2. The van der Waals surface area contributed by atoms with Crippen LogP contribution in [0.3, 0.4) is 0 Å². The maximum atomic E-state index is 13.1. The molecule has 0 amide bonds. The molecule has 2 rings (SSSR count). The highest BCUT2D eigenvalue weighted by Crippen LogP contribution is 2.38. The van der Waals surface area contributed by atoms with Crippen LogP contribution in [0, 0.1) is 17.7 Å². The maximum Gasteiger partial charge on any atom is 0.329 e. The van der Waals surface area contributed by atoms with Crippen LogP contribution in [0.4, 0.5) is 4.39 Å². The van der Waals surface area contributed by atoms with Crippen LogP contribution >= 0.6 is 11.6 Å². The Hall–Kier alpha value is -1.10. The van der Waals surface area contributed by atoms with Crippen LogP contribution in [-0.4, -0.2) is 9.55 Å². The number of nitrogens with zero attached hydrogens (tertiary/aromatic N) is 1. The van der Waals surface area contributed by atoms with Gasteiger partial charge >= 0.3 is 5.69 Å². The molecule has 2 atom stereocenters. The van der Waals surface area contributed by atoms with Crippen molar-refractivity contribution in [3.8, 4) is 0 Å². The second-order valence-electron chi connectivity index (χ2n) is 3.95. The first kappa shape index (κ1) is 10.4. The summed E-state index contributed by atoms with van der Waals surface area (Å²) >= 11 is 5.33. The first-order chi connectivity index (χ1) is 7.00. The molecule has 1 aromatic heterocycles. The number of hydrogen-bond donors (Lipinski definition) is 1. The van der Waals surface area contributed by atoms with Gasteiger partial charge in [-0.25, -0.2) is 4.79 Å². The van der Waals surface area contributed by atoms with E-state index in [1.54, 1.807) is 0 Å². The van der Waals surface area contributed by atoms with Crippen LogP contribution in [-0.2, 0) is 6.54 Å². The molecule has 1 N–H and O–H groups in total. The number of hydrogen-bond acceptors (Lipinski definition) is 2.